The van der Waals surface area contributed by atoms with Crippen LogP contribution in [0, 0.1) is 0 Å². The molecule has 1 aromatic carbocycles. The lowest BCUT2D eigenvalue weighted by atomic mass is 10.0. The van der Waals surface area contributed by atoms with Crippen molar-refractivity contribution < 1.29 is 8.95 Å². The van der Waals surface area contributed by atoms with Crippen molar-refractivity contribution in [2.24, 2.45) is 0 Å². The van der Waals surface area contributed by atoms with E-state index >= 15 is 0 Å². The Morgan fingerprint density at radius 2 is 2.06 bits per heavy atom. The van der Waals surface area contributed by atoms with Crippen molar-refractivity contribution in [3.8, 4) is 5.75 Å². The Hall–Kier alpha value is -0.870. The number of para-hydroxylation sites is 1. The standard InChI is InChI=1S/C14H23NO2S/c1-5-13(15-10-11(2)18(4)16)12-8-6-7-9-14(12)17-3/h6-9,11,13,15H,5,10H2,1-4H3. The predicted molar refractivity (Wildman–Crippen MR) is 77.6 cm³/mol. The normalized spacial score (nSPS) is 16.0. The molecule has 0 aliphatic heterocycles. The third-order valence-corrected chi connectivity index (χ3v) is 4.44. The summed E-state index contributed by atoms with van der Waals surface area (Å²) in [5.74, 6) is 0.905. The van der Waals surface area contributed by atoms with E-state index in [2.05, 4.69) is 18.3 Å². The summed E-state index contributed by atoms with van der Waals surface area (Å²) < 4.78 is 16.7. The second-order valence-electron chi connectivity index (χ2n) is 4.42. The van der Waals surface area contributed by atoms with Crippen LogP contribution in [0.2, 0.25) is 0 Å². The molecule has 0 amide bonds. The molecule has 3 nitrogen and oxygen atoms in total. The minimum absolute atomic E-state index is 0.161. The fourth-order valence-electron chi connectivity index (χ4n) is 1.85. The zero-order valence-corrected chi connectivity index (χ0v) is 12.4. The highest BCUT2D eigenvalue weighted by Gasteiger charge is 2.15. The van der Waals surface area contributed by atoms with Gasteiger partial charge in [-0.05, 0) is 19.4 Å². The van der Waals surface area contributed by atoms with Crippen LogP contribution in [0.4, 0.5) is 0 Å². The maximum absolute atomic E-state index is 11.4. The topological polar surface area (TPSA) is 38.3 Å². The monoisotopic (exact) mass is 269 g/mol. The van der Waals surface area contributed by atoms with Crippen LogP contribution in [0.25, 0.3) is 0 Å². The Morgan fingerprint density at radius 3 is 2.61 bits per heavy atom. The van der Waals surface area contributed by atoms with Gasteiger partial charge in [-0.1, -0.05) is 25.1 Å². The van der Waals surface area contributed by atoms with Crippen molar-refractivity contribution in [1.82, 2.24) is 5.32 Å². The molecule has 3 atom stereocenters. The first-order valence-electron chi connectivity index (χ1n) is 6.28. The van der Waals surface area contributed by atoms with E-state index in [9.17, 15) is 4.21 Å². The van der Waals surface area contributed by atoms with E-state index in [-0.39, 0.29) is 11.3 Å². The summed E-state index contributed by atoms with van der Waals surface area (Å²) in [4.78, 5) is 0. The molecule has 0 saturated heterocycles. The number of hydrogen-bond donors (Lipinski definition) is 1. The van der Waals surface area contributed by atoms with Gasteiger partial charge in [-0.25, -0.2) is 0 Å². The summed E-state index contributed by atoms with van der Waals surface area (Å²) in [5.41, 5.74) is 1.16. The number of hydrogen-bond acceptors (Lipinski definition) is 3. The Labute approximate surface area is 112 Å². The number of methoxy groups -OCH3 is 1. The van der Waals surface area contributed by atoms with Crippen molar-refractivity contribution in [1.29, 1.82) is 0 Å². The highest BCUT2D eigenvalue weighted by molar-refractivity contribution is 7.84. The lowest BCUT2D eigenvalue weighted by Gasteiger charge is -2.21. The van der Waals surface area contributed by atoms with Gasteiger partial charge in [-0.15, -0.1) is 0 Å². The number of benzene rings is 1. The fourth-order valence-corrected chi connectivity index (χ4v) is 2.19. The van der Waals surface area contributed by atoms with E-state index in [4.69, 9.17) is 4.74 Å². The van der Waals surface area contributed by atoms with Gasteiger partial charge in [0.15, 0.2) is 0 Å². The molecule has 0 spiro atoms. The van der Waals surface area contributed by atoms with E-state index in [1.54, 1.807) is 13.4 Å². The summed E-state index contributed by atoms with van der Waals surface area (Å²) in [7, 11) is 0.904. The van der Waals surface area contributed by atoms with E-state index in [1.807, 2.05) is 25.1 Å². The molecule has 4 heteroatoms. The van der Waals surface area contributed by atoms with E-state index in [0.717, 1.165) is 24.3 Å². The zero-order chi connectivity index (χ0) is 13.5. The lowest BCUT2D eigenvalue weighted by molar-refractivity contribution is 0.397. The minimum atomic E-state index is -0.786. The number of ether oxygens (including phenoxy) is 1. The van der Waals surface area contributed by atoms with Gasteiger partial charge in [0.05, 0.1) is 7.11 Å². The first-order valence-corrected chi connectivity index (χ1v) is 7.90. The van der Waals surface area contributed by atoms with Crippen LogP contribution in [-0.4, -0.2) is 29.4 Å². The maximum Gasteiger partial charge on any atom is 0.123 e. The van der Waals surface area contributed by atoms with Gasteiger partial charge in [0.2, 0.25) is 0 Å². The third kappa shape index (κ3) is 4.10. The predicted octanol–water partition coefficient (Wildman–Crippen LogP) is 2.50. The van der Waals surface area contributed by atoms with Crippen LogP contribution < -0.4 is 10.1 Å². The maximum atomic E-state index is 11.4. The Bertz CT molecular complexity index is 395. The summed E-state index contributed by atoms with van der Waals surface area (Å²) >= 11 is 0. The van der Waals surface area contributed by atoms with Gasteiger partial charge in [-0.2, -0.15) is 0 Å². The molecular formula is C14H23NO2S. The molecular weight excluding hydrogens is 246 g/mol. The van der Waals surface area contributed by atoms with Crippen molar-refractivity contribution in [2.45, 2.75) is 31.6 Å². The van der Waals surface area contributed by atoms with Crippen molar-refractivity contribution >= 4 is 10.8 Å². The molecule has 0 aliphatic rings. The van der Waals surface area contributed by atoms with Crippen LogP contribution >= 0.6 is 0 Å². The molecule has 0 radical (unpaired) electrons. The number of rotatable bonds is 7. The number of nitrogens with one attached hydrogen (secondary N) is 1. The second-order valence-corrected chi connectivity index (χ2v) is 6.22. The van der Waals surface area contributed by atoms with Crippen molar-refractivity contribution in [3.05, 3.63) is 29.8 Å². The van der Waals surface area contributed by atoms with Gasteiger partial charge in [-0.3, -0.25) is 4.21 Å². The average molecular weight is 269 g/mol. The molecule has 102 valence electrons. The first kappa shape index (κ1) is 15.2. The van der Waals surface area contributed by atoms with E-state index in [1.165, 1.54) is 0 Å². The quantitative estimate of drug-likeness (QED) is 0.826. The molecule has 1 aromatic rings. The van der Waals surface area contributed by atoms with Crippen LogP contribution in [0.15, 0.2) is 24.3 Å². The van der Waals surface area contributed by atoms with Gasteiger partial charge in [0.25, 0.3) is 0 Å². The second kappa shape index (κ2) is 7.54. The highest BCUT2D eigenvalue weighted by atomic mass is 32.2. The summed E-state index contributed by atoms with van der Waals surface area (Å²) in [6.07, 6.45) is 2.72. The Morgan fingerprint density at radius 1 is 1.39 bits per heavy atom. The lowest BCUT2D eigenvalue weighted by Crippen LogP contribution is -2.30. The highest BCUT2D eigenvalue weighted by Crippen LogP contribution is 2.26. The molecule has 0 heterocycles. The summed E-state index contributed by atoms with van der Waals surface area (Å²) in [6.45, 7) is 4.88. The zero-order valence-electron chi connectivity index (χ0n) is 11.6. The van der Waals surface area contributed by atoms with Crippen molar-refractivity contribution in [3.63, 3.8) is 0 Å². The Balaban J connectivity index is 2.74. The van der Waals surface area contributed by atoms with E-state index < -0.39 is 10.8 Å². The van der Waals surface area contributed by atoms with E-state index in [0.29, 0.717) is 0 Å². The SMILES string of the molecule is CCC(NCC(C)S(C)=O)c1ccccc1OC. The molecule has 0 aromatic heterocycles. The van der Waals surface area contributed by atoms with Crippen LogP contribution in [0.1, 0.15) is 31.9 Å². The molecule has 18 heavy (non-hydrogen) atoms. The van der Waals surface area contributed by atoms with Crippen molar-refractivity contribution in [2.75, 3.05) is 19.9 Å². The summed E-state index contributed by atoms with van der Waals surface area (Å²) in [6, 6.07) is 8.28. The van der Waals surface area contributed by atoms with Crippen LogP contribution in [0.3, 0.4) is 0 Å². The molecule has 0 bridgehead atoms. The minimum Gasteiger partial charge on any atom is -0.496 e. The van der Waals surface area contributed by atoms with Crippen LogP contribution in [0.5, 0.6) is 5.75 Å². The Kier molecular flexibility index (Phi) is 6.36. The molecule has 0 aliphatic carbocycles. The van der Waals surface area contributed by atoms with Gasteiger partial charge < -0.3 is 10.1 Å². The van der Waals surface area contributed by atoms with Gasteiger partial charge >= 0.3 is 0 Å². The molecule has 0 fully saturated rings. The molecule has 3 unspecified atom stereocenters. The van der Waals surface area contributed by atoms with Gasteiger partial charge in [0.1, 0.15) is 5.75 Å². The fraction of sp³-hybridized carbons (Fsp3) is 0.571. The summed E-state index contributed by atoms with van der Waals surface area (Å²) in [5, 5.41) is 3.63. The van der Waals surface area contributed by atoms with Gasteiger partial charge in [0, 0.05) is 40.5 Å². The third-order valence-electron chi connectivity index (χ3n) is 3.14. The molecule has 1 N–H and O–H groups in total. The molecule has 0 saturated carbocycles. The molecule has 1 rings (SSSR count). The largest absolute Gasteiger partial charge is 0.496 e. The average Bonchev–Trinajstić information content (AvgIpc) is 2.39. The van der Waals surface area contributed by atoms with Crippen LogP contribution in [-0.2, 0) is 10.8 Å². The smallest absolute Gasteiger partial charge is 0.123 e. The first-order chi connectivity index (χ1) is 8.60.